The summed E-state index contributed by atoms with van der Waals surface area (Å²) in [6, 6.07) is 0. The Morgan fingerprint density at radius 2 is 0.952 bits per heavy atom. The van der Waals surface area contributed by atoms with Crippen molar-refractivity contribution in [1.29, 1.82) is 0 Å². The molecular weight excluding hydrogens is 1360 g/mol. The van der Waals surface area contributed by atoms with Gasteiger partial charge in [0.25, 0.3) is 5.91 Å². The third-order valence-electron chi connectivity index (χ3n) is 4.48. The fourth-order valence-corrected chi connectivity index (χ4v) is 11.2. The van der Waals surface area contributed by atoms with Crippen LogP contribution in [0.4, 0.5) is 11.4 Å². The average molecular weight is 1380 g/mol. The molecule has 0 bridgehead atoms. The number of halogens is 7. The van der Waals surface area contributed by atoms with E-state index < -0.39 is 41.9 Å². The summed E-state index contributed by atoms with van der Waals surface area (Å²) < 4.78 is 6.11. The van der Waals surface area contributed by atoms with E-state index in [1.54, 1.807) is 136 Å². The van der Waals surface area contributed by atoms with E-state index >= 15 is 0 Å². The van der Waals surface area contributed by atoms with E-state index in [0.717, 1.165) is 6.92 Å². The maximum absolute atomic E-state index is 12.1. The van der Waals surface area contributed by atoms with Gasteiger partial charge in [0.1, 0.15) is 0 Å². The van der Waals surface area contributed by atoms with Gasteiger partial charge < -0.3 is 36.2 Å². The lowest BCUT2D eigenvalue weighted by molar-refractivity contribution is -0.150. The number of carboxylic acid groups (broad SMARTS) is 4. The van der Waals surface area contributed by atoms with Crippen LogP contribution < -0.4 is 11.1 Å². The fraction of sp³-hybridized carbons (Fsp3) is 0.182. The molecule has 2 aromatic carbocycles. The van der Waals surface area contributed by atoms with Gasteiger partial charge >= 0.3 is 29.8 Å². The second-order valence-corrected chi connectivity index (χ2v) is 13.6. The van der Waals surface area contributed by atoms with Gasteiger partial charge in [0.2, 0.25) is 0 Å². The minimum Gasteiger partial charge on any atom is -0.478 e. The Morgan fingerprint density at radius 3 is 1.21 bits per heavy atom. The first-order valence-electron chi connectivity index (χ1n) is 9.85. The second-order valence-electron chi connectivity index (χ2n) is 7.13. The molecule has 42 heavy (non-hydrogen) atoms. The fourth-order valence-electron chi connectivity index (χ4n) is 2.74. The number of hydrogen-bond donors (Lipinski definition) is 6. The van der Waals surface area contributed by atoms with Gasteiger partial charge in [-0.15, -0.1) is 24.0 Å². The first-order chi connectivity index (χ1) is 18.3. The molecule has 13 nitrogen and oxygen atoms in total. The van der Waals surface area contributed by atoms with Crippen LogP contribution in [-0.2, 0) is 14.3 Å². The van der Waals surface area contributed by atoms with E-state index in [1.165, 1.54) is 6.92 Å². The molecule has 0 saturated heterocycles. The van der Waals surface area contributed by atoms with Gasteiger partial charge in [0.15, 0.2) is 6.10 Å². The van der Waals surface area contributed by atoms with E-state index in [9.17, 15) is 39.0 Å². The Bertz CT molecular complexity index is 1380. The molecule has 0 aliphatic rings. The minimum absolute atomic E-state index is 0. The Hall–Kier alpha value is 0.170. The van der Waals surface area contributed by atoms with Crippen molar-refractivity contribution in [2.45, 2.75) is 27.4 Å². The van der Waals surface area contributed by atoms with Gasteiger partial charge in [-0.1, -0.05) is 7.43 Å². The Balaban J connectivity index is 0. The lowest BCUT2D eigenvalue weighted by Crippen LogP contribution is -2.30. The maximum atomic E-state index is 12.1. The zero-order chi connectivity index (χ0) is 31.4. The smallest absolute Gasteiger partial charge is 0.337 e. The number of carbonyl (C=O) groups excluding carboxylic acids is 2. The van der Waals surface area contributed by atoms with E-state index in [-0.39, 0.29) is 79.3 Å². The van der Waals surface area contributed by atoms with Crippen molar-refractivity contribution in [3.05, 3.63) is 43.7 Å². The summed E-state index contributed by atoms with van der Waals surface area (Å²) in [6.07, 6.45) is -1.12. The van der Waals surface area contributed by atoms with Crippen LogP contribution >= 0.6 is 160 Å². The molecule has 0 unspecified atom stereocenters. The SMILES string of the molecule is C.CC(=O)O[C@@H](C)C(=O)Nc1c(I)c(C(=O)O)c(I)c(C(=O)O)c1I.I.Nc1c(I)c(C(=O)O)c(I)c(C(=O)O)c1I. The predicted octanol–water partition coefficient (Wildman–Crippen LogP) is 6.52. The molecule has 1 atom stereocenters. The molecule has 0 heterocycles. The standard InChI is InChI=1S/C13H10I3NO7.C8H4I3NO4.CH4.HI/c1-3(24-4(2)18)11(19)17-10-8(15)5(12(20)21)7(14)6(9(10)16)13(22)23;9-3-1(7(13)14)4(10)6(12)5(11)2(3)8(15)16;;/h3H,1-2H3,(H,17,19)(H,20,21)(H,22,23);12H2,(H,13,14)(H,15,16);1H4;1H/t3-;;;/m0.../s1. The first-order valence-corrected chi connectivity index (χ1v) is 16.3. The maximum Gasteiger partial charge on any atom is 0.337 e. The molecular formula is C22H19I7N2O11. The number of nitrogens with two attached hydrogens (primary N) is 1. The molecule has 20 heteroatoms. The van der Waals surface area contributed by atoms with Crippen LogP contribution in [0.2, 0.25) is 0 Å². The summed E-state index contributed by atoms with van der Waals surface area (Å²) in [4.78, 5) is 68.0. The van der Waals surface area contributed by atoms with Gasteiger partial charge in [-0.2, -0.15) is 0 Å². The highest BCUT2D eigenvalue weighted by Gasteiger charge is 2.29. The van der Waals surface area contributed by atoms with Crippen LogP contribution in [0.5, 0.6) is 0 Å². The highest BCUT2D eigenvalue weighted by Crippen LogP contribution is 2.36. The minimum atomic E-state index is -1.31. The molecule has 0 spiro atoms. The zero-order valence-electron chi connectivity index (χ0n) is 20.0. The number of ether oxygens (including phenoxy) is 1. The van der Waals surface area contributed by atoms with Crippen molar-refractivity contribution >= 4 is 207 Å². The topological polar surface area (TPSA) is 231 Å². The third kappa shape index (κ3) is 10.6. The van der Waals surface area contributed by atoms with Crippen molar-refractivity contribution in [2.75, 3.05) is 11.1 Å². The number of amides is 1. The number of hydrogen-bond acceptors (Lipinski definition) is 8. The molecule has 0 radical (unpaired) electrons. The second kappa shape index (κ2) is 19.0. The number of carbonyl (C=O) groups is 6. The highest BCUT2D eigenvalue weighted by atomic mass is 127. The van der Waals surface area contributed by atoms with E-state index in [1.807, 2.05) is 0 Å². The predicted molar refractivity (Wildman–Crippen MR) is 213 cm³/mol. The highest BCUT2D eigenvalue weighted by molar-refractivity contribution is 14.1. The molecule has 0 fully saturated rings. The van der Waals surface area contributed by atoms with Crippen molar-refractivity contribution in [1.82, 2.24) is 0 Å². The lowest BCUT2D eigenvalue weighted by atomic mass is 10.1. The van der Waals surface area contributed by atoms with Gasteiger partial charge in [-0.25, -0.2) is 19.2 Å². The average Bonchev–Trinajstić information content (AvgIpc) is 2.79. The van der Waals surface area contributed by atoms with Crippen molar-refractivity contribution < 1.29 is 53.9 Å². The van der Waals surface area contributed by atoms with Crippen LogP contribution in [0.1, 0.15) is 62.7 Å². The summed E-state index contributed by atoms with van der Waals surface area (Å²) in [5.41, 5.74) is 5.37. The normalized spacial score (nSPS) is 10.5. The number of carboxylic acids is 4. The van der Waals surface area contributed by atoms with Crippen LogP contribution in [-0.4, -0.2) is 62.3 Å². The van der Waals surface area contributed by atoms with Crippen LogP contribution in [0.3, 0.4) is 0 Å². The van der Waals surface area contributed by atoms with Crippen molar-refractivity contribution in [3.63, 3.8) is 0 Å². The first kappa shape index (κ1) is 44.3. The quantitative estimate of drug-likeness (QED) is 0.0989. The lowest BCUT2D eigenvalue weighted by Gasteiger charge is -2.18. The Morgan fingerprint density at radius 1 is 0.667 bits per heavy atom. The summed E-state index contributed by atoms with van der Waals surface area (Å²) in [6.45, 7) is 2.49. The van der Waals surface area contributed by atoms with E-state index in [4.69, 9.17) is 20.7 Å². The Labute approximate surface area is 337 Å². The van der Waals surface area contributed by atoms with Crippen LogP contribution in [0, 0.1) is 21.4 Å². The van der Waals surface area contributed by atoms with Crippen molar-refractivity contribution in [3.8, 4) is 0 Å². The largest absolute Gasteiger partial charge is 0.478 e. The number of anilines is 2. The molecule has 0 aliphatic heterocycles. The molecule has 0 aromatic heterocycles. The summed E-state index contributed by atoms with van der Waals surface area (Å²) in [5.74, 6) is -6.34. The number of benzene rings is 2. The number of nitrogens with one attached hydrogen (secondary N) is 1. The summed E-state index contributed by atoms with van der Waals surface area (Å²) in [5, 5.41) is 39.1. The van der Waals surface area contributed by atoms with Gasteiger partial charge in [-0.05, 0) is 142 Å². The third-order valence-corrected chi connectivity index (χ3v) is 11.0. The zero-order valence-corrected chi connectivity index (χ0v) is 35.3. The van der Waals surface area contributed by atoms with E-state index in [2.05, 4.69) is 5.32 Å². The summed E-state index contributed by atoms with van der Waals surface area (Å²) in [7, 11) is 0. The molecule has 0 aliphatic carbocycles. The Kier molecular flexibility index (Phi) is 20.0. The molecule has 0 saturated carbocycles. The molecule has 2 aromatic rings. The molecule has 2 rings (SSSR count). The van der Waals surface area contributed by atoms with E-state index in [0.29, 0.717) is 7.14 Å². The number of esters is 1. The summed E-state index contributed by atoms with van der Waals surface area (Å²) >= 11 is 10.4. The molecule has 232 valence electrons. The molecule has 1 amide bonds. The van der Waals surface area contributed by atoms with Crippen LogP contribution in [0.25, 0.3) is 0 Å². The molecule has 7 N–H and O–H groups in total. The monoisotopic (exact) mass is 1380 g/mol. The van der Waals surface area contributed by atoms with Gasteiger partial charge in [0.05, 0.1) is 47.9 Å². The number of aromatic carboxylic acids is 4. The van der Waals surface area contributed by atoms with Gasteiger partial charge in [0, 0.05) is 14.1 Å². The van der Waals surface area contributed by atoms with Gasteiger partial charge in [-0.3, -0.25) is 9.59 Å². The van der Waals surface area contributed by atoms with Crippen LogP contribution in [0.15, 0.2) is 0 Å². The van der Waals surface area contributed by atoms with Crippen molar-refractivity contribution in [2.24, 2.45) is 0 Å². The number of nitrogen functional groups attached to an aromatic ring is 1. The number of rotatable bonds is 7.